The zero-order valence-electron chi connectivity index (χ0n) is 14.2. The molecule has 0 radical (unpaired) electrons. The molecular weight excluding hydrogens is 288 g/mol. The maximum absolute atomic E-state index is 12.6. The molecule has 1 aromatic carbocycles. The molecule has 0 aromatic heterocycles. The molecule has 1 aliphatic carbocycles. The van der Waals surface area contributed by atoms with E-state index in [4.69, 9.17) is 10.5 Å². The predicted molar refractivity (Wildman–Crippen MR) is 91.1 cm³/mol. The molecule has 2 atom stereocenters. The summed E-state index contributed by atoms with van der Waals surface area (Å²) in [5.41, 5.74) is 8.97. The Labute approximate surface area is 138 Å². The van der Waals surface area contributed by atoms with Gasteiger partial charge in [0.2, 0.25) is 5.91 Å². The van der Waals surface area contributed by atoms with E-state index in [9.17, 15) is 4.79 Å². The molecule has 23 heavy (non-hydrogen) atoms. The maximum Gasteiger partial charge on any atom is 0.237 e. The molecule has 1 amide bonds. The first-order chi connectivity index (χ1) is 11.0. The SMILES string of the molecule is CC1(C)CCC(NC(=O)C(N)C2CCOCC2)c2ccccc21. The highest BCUT2D eigenvalue weighted by Gasteiger charge is 2.34. The number of carbonyl (C=O) groups excluding carboxylic acids is 1. The van der Waals surface area contributed by atoms with E-state index in [-0.39, 0.29) is 23.3 Å². The molecule has 1 saturated heterocycles. The van der Waals surface area contributed by atoms with E-state index in [0.717, 1.165) is 25.7 Å². The van der Waals surface area contributed by atoms with Crippen LogP contribution in [0.15, 0.2) is 24.3 Å². The molecule has 126 valence electrons. The van der Waals surface area contributed by atoms with Crippen LogP contribution in [0.5, 0.6) is 0 Å². The van der Waals surface area contributed by atoms with Crippen molar-refractivity contribution in [3.05, 3.63) is 35.4 Å². The van der Waals surface area contributed by atoms with E-state index in [1.54, 1.807) is 0 Å². The van der Waals surface area contributed by atoms with Crippen molar-refractivity contribution in [3.63, 3.8) is 0 Å². The highest BCUT2D eigenvalue weighted by Crippen LogP contribution is 2.41. The molecule has 1 aromatic rings. The summed E-state index contributed by atoms with van der Waals surface area (Å²) in [5, 5.41) is 3.21. The molecule has 4 nitrogen and oxygen atoms in total. The van der Waals surface area contributed by atoms with Gasteiger partial charge in [0.1, 0.15) is 0 Å². The molecule has 2 unspecified atom stereocenters. The first-order valence-electron chi connectivity index (χ1n) is 8.72. The second-order valence-corrected chi connectivity index (χ2v) is 7.55. The summed E-state index contributed by atoms with van der Waals surface area (Å²) >= 11 is 0. The summed E-state index contributed by atoms with van der Waals surface area (Å²) in [4.78, 5) is 12.6. The molecule has 1 heterocycles. The number of nitrogens with one attached hydrogen (secondary N) is 1. The summed E-state index contributed by atoms with van der Waals surface area (Å²) in [6.07, 6.45) is 3.80. The van der Waals surface area contributed by atoms with E-state index in [0.29, 0.717) is 13.2 Å². The number of fused-ring (bicyclic) bond motifs is 1. The van der Waals surface area contributed by atoms with Gasteiger partial charge in [-0.3, -0.25) is 4.79 Å². The van der Waals surface area contributed by atoms with E-state index < -0.39 is 6.04 Å². The Kier molecular flexibility index (Phi) is 4.74. The minimum atomic E-state index is -0.430. The molecule has 1 fully saturated rings. The van der Waals surface area contributed by atoms with Crippen molar-refractivity contribution >= 4 is 5.91 Å². The second kappa shape index (κ2) is 6.62. The fourth-order valence-electron chi connectivity index (χ4n) is 3.92. The van der Waals surface area contributed by atoms with Gasteiger partial charge in [0.25, 0.3) is 0 Å². The summed E-state index contributed by atoms with van der Waals surface area (Å²) in [7, 11) is 0. The van der Waals surface area contributed by atoms with Crippen LogP contribution in [0, 0.1) is 5.92 Å². The largest absolute Gasteiger partial charge is 0.381 e. The van der Waals surface area contributed by atoms with Crippen LogP contribution >= 0.6 is 0 Å². The highest BCUT2D eigenvalue weighted by atomic mass is 16.5. The summed E-state index contributed by atoms with van der Waals surface area (Å²) in [6, 6.07) is 8.11. The van der Waals surface area contributed by atoms with Crippen LogP contribution in [-0.4, -0.2) is 25.2 Å². The van der Waals surface area contributed by atoms with Crippen LogP contribution < -0.4 is 11.1 Å². The van der Waals surface area contributed by atoms with Crippen LogP contribution in [0.2, 0.25) is 0 Å². The Bertz CT molecular complexity index is 564. The average molecular weight is 316 g/mol. The standard InChI is InChI=1S/C19H28N2O2/c1-19(2)10-7-16(14-5-3-4-6-15(14)19)21-18(22)17(20)13-8-11-23-12-9-13/h3-6,13,16-17H,7-12,20H2,1-2H3,(H,21,22). The van der Waals surface area contributed by atoms with Gasteiger partial charge in [0.05, 0.1) is 12.1 Å². The Morgan fingerprint density at radius 2 is 1.96 bits per heavy atom. The number of ether oxygens (including phenoxy) is 1. The molecule has 1 aliphatic heterocycles. The number of benzene rings is 1. The number of amides is 1. The third-order valence-corrected chi connectivity index (χ3v) is 5.52. The molecule has 2 aliphatic rings. The zero-order chi connectivity index (χ0) is 16.4. The summed E-state index contributed by atoms with van der Waals surface area (Å²) in [6.45, 7) is 5.98. The van der Waals surface area contributed by atoms with Gasteiger partial charge in [0, 0.05) is 13.2 Å². The highest BCUT2D eigenvalue weighted by molar-refractivity contribution is 5.82. The van der Waals surface area contributed by atoms with Gasteiger partial charge in [-0.2, -0.15) is 0 Å². The summed E-state index contributed by atoms with van der Waals surface area (Å²) < 4.78 is 5.36. The monoisotopic (exact) mass is 316 g/mol. The number of rotatable bonds is 3. The van der Waals surface area contributed by atoms with Gasteiger partial charge < -0.3 is 15.8 Å². The van der Waals surface area contributed by atoms with Crippen molar-refractivity contribution in [3.8, 4) is 0 Å². The normalized spacial score (nSPS) is 25.4. The Morgan fingerprint density at radius 3 is 2.70 bits per heavy atom. The maximum atomic E-state index is 12.6. The van der Waals surface area contributed by atoms with E-state index in [2.05, 4.69) is 43.4 Å². The van der Waals surface area contributed by atoms with Gasteiger partial charge in [-0.15, -0.1) is 0 Å². The van der Waals surface area contributed by atoms with Crippen LogP contribution in [0.1, 0.15) is 56.7 Å². The minimum Gasteiger partial charge on any atom is -0.381 e. The second-order valence-electron chi connectivity index (χ2n) is 7.55. The molecule has 0 saturated carbocycles. The lowest BCUT2D eigenvalue weighted by molar-refractivity contribution is -0.125. The number of carbonyl (C=O) groups is 1. The van der Waals surface area contributed by atoms with Crippen molar-refractivity contribution in [2.45, 2.75) is 57.0 Å². The molecule has 0 bridgehead atoms. The van der Waals surface area contributed by atoms with Crippen LogP contribution in [0.4, 0.5) is 0 Å². The first kappa shape index (κ1) is 16.5. The van der Waals surface area contributed by atoms with Gasteiger partial charge in [-0.1, -0.05) is 38.1 Å². The van der Waals surface area contributed by atoms with Crippen molar-refractivity contribution in [2.75, 3.05) is 13.2 Å². The van der Waals surface area contributed by atoms with Crippen LogP contribution in [-0.2, 0) is 14.9 Å². The van der Waals surface area contributed by atoms with Gasteiger partial charge in [-0.25, -0.2) is 0 Å². The fraction of sp³-hybridized carbons (Fsp3) is 0.632. The Morgan fingerprint density at radius 1 is 1.26 bits per heavy atom. The van der Waals surface area contributed by atoms with Gasteiger partial charge in [0.15, 0.2) is 0 Å². The van der Waals surface area contributed by atoms with Crippen molar-refractivity contribution in [2.24, 2.45) is 11.7 Å². The predicted octanol–water partition coefficient (Wildman–Crippen LogP) is 2.67. The van der Waals surface area contributed by atoms with Crippen molar-refractivity contribution in [1.29, 1.82) is 0 Å². The number of hydrogen-bond donors (Lipinski definition) is 2. The Hall–Kier alpha value is -1.39. The number of hydrogen-bond acceptors (Lipinski definition) is 3. The van der Waals surface area contributed by atoms with Crippen molar-refractivity contribution in [1.82, 2.24) is 5.32 Å². The third-order valence-electron chi connectivity index (χ3n) is 5.52. The third kappa shape index (κ3) is 3.43. The summed E-state index contributed by atoms with van der Waals surface area (Å²) in [5.74, 6) is 0.218. The van der Waals surface area contributed by atoms with Crippen LogP contribution in [0.25, 0.3) is 0 Å². The molecule has 3 rings (SSSR count). The van der Waals surface area contributed by atoms with Crippen LogP contribution in [0.3, 0.4) is 0 Å². The quantitative estimate of drug-likeness (QED) is 0.901. The number of nitrogens with two attached hydrogens (primary N) is 1. The van der Waals surface area contributed by atoms with Crippen molar-refractivity contribution < 1.29 is 9.53 Å². The smallest absolute Gasteiger partial charge is 0.237 e. The first-order valence-corrected chi connectivity index (χ1v) is 8.72. The fourth-order valence-corrected chi connectivity index (χ4v) is 3.92. The molecular formula is C19H28N2O2. The Balaban J connectivity index is 1.71. The zero-order valence-corrected chi connectivity index (χ0v) is 14.2. The molecule has 0 spiro atoms. The van der Waals surface area contributed by atoms with Gasteiger partial charge in [-0.05, 0) is 48.1 Å². The lowest BCUT2D eigenvalue weighted by Gasteiger charge is -2.38. The minimum absolute atomic E-state index is 0.0172. The van der Waals surface area contributed by atoms with Gasteiger partial charge >= 0.3 is 0 Å². The van der Waals surface area contributed by atoms with E-state index in [1.165, 1.54) is 11.1 Å². The lowest BCUT2D eigenvalue weighted by atomic mass is 9.71. The van der Waals surface area contributed by atoms with E-state index >= 15 is 0 Å². The topological polar surface area (TPSA) is 64.4 Å². The average Bonchev–Trinajstić information content (AvgIpc) is 2.58. The van der Waals surface area contributed by atoms with E-state index in [1.807, 2.05) is 0 Å². The molecule has 3 N–H and O–H groups in total. The molecule has 4 heteroatoms. The lowest BCUT2D eigenvalue weighted by Crippen LogP contribution is -2.49.